The van der Waals surface area contributed by atoms with Gasteiger partial charge in [0, 0.05) is 4.88 Å². The van der Waals surface area contributed by atoms with E-state index in [1.165, 1.54) is 18.3 Å². The molecule has 102 valence electrons. The van der Waals surface area contributed by atoms with Crippen LogP contribution in [0.25, 0.3) is 0 Å². The predicted octanol–water partition coefficient (Wildman–Crippen LogP) is 2.89. The van der Waals surface area contributed by atoms with Crippen LogP contribution in [0, 0.1) is 0 Å². The number of carbonyl (C=O) groups excluding carboxylic acids is 1. The molecule has 0 unspecified atom stereocenters. The van der Waals surface area contributed by atoms with Gasteiger partial charge < -0.3 is 10.1 Å². The summed E-state index contributed by atoms with van der Waals surface area (Å²) in [7, 11) is 0. The maximum atomic E-state index is 11.9. The van der Waals surface area contributed by atoms with Gasteiger partial charge in [-0.3, -0.25) is 4.79 Å². The lowest BCUT2D eigenvalue weighted by Gasteiger charge is -2.17. The number of amides is 1. The first-order valence-corrected chi connectivity index (χ1v) is 6.19. The Morgan fingerprint density at radius 2 is 2.17 bits per heavy atom. The third-order valence-corrected chi connectivity index (χ3v) is 3.25. The normalized spacial score (nSPS) is 15.2. The number of nitrogens with one attached hydrogen (secondary N) is 1. The van der Waals surface area contributed by atoms with Crippen LogP contribution < -0.4 is 5.32 Å². The Labute approximate surface area is 107 Å². The van der Waals surface area contributed by atoms with Gasteiger partial charge in [-0.1, -0.05) is 6.07 Å². The molecular weight excluding hydrogens is 267 g/mol. The molecule has 0 saturated carbocycles. The lowest BCUT2D eigenvalue weighted by Crippen LogP contribution is -2.37. The highest BCUT2D eigenvalue weighted by Crippen LogP contribution is 2.19. The van der Waals surface area contributed by atoms with Crippen LogP contribution in [0.1, 0.15) is 24.8 Å². The Balaban J connectivity index is 2.40. The van der Waals surface area contributed by atoms with Crippen molar-refractivity contribution in [2.24, 2.45) is 0 Å². The molecule has 1 amide bonds. The summed E-state index contributed by atoms with van der Waals surface area (Å²) < 4.78 is 40.2. The second-order valence-corrected chi connectivity index (χ2v) is 4.79. The number of hydrogen-bond acceptors (Lipinski definition) is 3. The summed E-state index contributed by atoms with van der Waals surface area (Å²) >= 11 is 1.47. The van der Waals surface area contributed by atoms with Crippen molar-refractivity contribution in [3.63, 3.8) is 0 Å². The molecule has 3 nitrogen and oxygen atoms in total. The van der Waals surface area contributed by atoms with Crippen molar-refractivity contribution >= 4 is 17.2 Å². The Kier molecular flexibility index (Phi) is 5.15. The lowest BCUT2D eigenvalue weighted by atomic mass is 10.2. The van der Waals surface area contributed by atoms with Gasteiger partial charge in [0.25, 0.3) is 0 Å². The molecule has 0 aliphatic rings. The molecule has 1 N–H and O–H groups in total. The number of carbonyl (C=O) groups is 1. The molecule has 1 heterocycles. The number of hydrogen-bond donors (Lipinski definition) is 1. The Morgan fingerprint density at radius 3 is 2.67 bits per heavy atom. The summed E-state index contributed by atoms with van der Waals surface area (Å²) in [5.74, 6) is -0.555. The van der Waals surface area contributed by atoms with E-state index in [2.05, 4.69) is 10.1 Å². The fourth-order valence-corrected chi connectivity index (χ4v) is 1.97. The lowest BCUT2D eigenvalue weighted by molar-refractivity contribution is -0.185. The molecule has 2 atom stereocenters. The molecule has 0 saturated heterocycles. The first-order valence-electron chi connectivity index (χ1n) is 5.31. The van der Waals surface area contributed by atoms with E-state index < -0.39 is 24.8 Å². The second-order valence-electron chi connectivity index (χ2n) is 3.81. The van der Waals surface area contributed by atoms with Crippen molar-refractivity contribution < 1.29 is 22.7 Å². The molecule has 0 bridgehead atoms. The van der Waals surface area contributed by atoms with Crippen LogP contribution in [0.4, 0.5) is 13.2 Å². The van der Waals surface area contributed by atoms with Gasteiger partial charge in [-0.15, -0.1) is 11.3 Å². The zero-order valence-electron chi connectivity index (χ0n) is 9.95. The molecule has 0 radical (unpaired) electrons. The van der Waals surface area contributed by atoms with Gasteiger partial charge in [0.05, 0.1) is 6.04 Å². The molecule has 18 heavy (non-hydrogen) atoms. The molecule has 0 aliphatic heterocycles. The molecule has 0 fully saturated rings. The summed E-state index contributed by atoms with van der Waals surface area (Å²) in [5, 5.41) is 4.46. The average Bonchev–Trinajstić information content (AvgIpc) is 2.77. The molecule has 1 rings (SSSR count). The van der Waals surface area contributed by atoms with Crippen molar-refractivity contribution in [2.75, 3.05) is 6.61 Å². The standard InChI is InChI=1S/C11H14F3NO2S/c1-7(9-4-3-5-18-9)15-10(16)8(2)17-6-11(12,13)14/h3-5,7-8H,6H2,1-2H3,(H,15,16)/t7-,8+/m0/s1. The topological polar surface area (TPSA) is 38.3 Å². The molecular formula is C11H14F3NO2S. The van der Waals surface area contributed by atoms with E-state index in [-0.39, 0.29) is 6.04 Å². The van der Waals surface area contributed by atoms with Gasteiger partial charge in [0.1, 0.15) is 12.7 Å². The highest BCUT2D eigenvalue weighted by atomic mass is 32.1. The first kappa shape index (κ1) is 15.0. The Hall–Kier alpha value is -1.08. The minimum absolute atomic E-state index is 0.241. The van der Waals surface area contributed by atoms with E-state index in [1.54, 1.807) is 6.92 Å². The van der Waals surface area contributed by atoms with Crippen LogP contribution >= 0.6 is 11.3 Å². The summed E-state index contributed by atoms with van der Waals surface area (Å²) in [4.78, 5) is 12.5. The zero-order valence-corrected chi connectivity index (χ0v) is 10.8. The molecule has 7 heteroatoms. The van der Waals surface area contributed by atoms with Crippen molar-refractivity contribution in [3.8, 4) is 0 Å². The minimum Gasteiger partial charge on any atom is -0.359 e. The van der Waals surface area contributed by atoms with Gasteiger partial charge in [-0.2, -0.15) is 13.2 Å². The van der Waals surface area contributed by atoms with Crippen molar-refractivity contribution in [1.29, 1.82) is 0 Å². The van der Waals surface area contributed by atoms with Gasteiger partial charge in [0.15, 0.2) is 0 Å². The van der Waals surface area contributed by atoms with E-state index in [4.69, 9.17) is 0 Å². The number of ether oxygens (including phenoxy) is 1. The number of alkyl halides is 3. The average molecular weight is 281 g/mol. The number of rotatable bonds is 5. The highest BCUT2D eigenvalue weighted by Gasteiger charge is 2.30. The van der Waals surface area contributed by atoms with Crippen LogP contribution in [-0.2, 0) is 9.53 Å². The van der Waals surface area contributed by atoms with Crippen LogP contribution in [-0.4, -0.2) is 24.8 Å². The zero-order chi connectivity index (χ0) is 13.8. The maximum Gasteiger partial charge on any atom is 0.411 e. The first-order chi connectivity index (χ1) is 8.29. The van der Waals surface area contributed by atoms with Gasteiger partial charge in [0.2, 0.25) is 5.91 Å². The molecule has 0 aromatic carbocycles. The van der Waals surface area contributed by atoms with E-state index in [0.717, 1.165) is 4.88 Å². The van der Waals surface area contributed by atoms with E-state index in [9.17, 15) is 18.0 Å². The largest absolute Gasteiger partial charge is 0.411 e. The molecule has 1 aromatic rings. The summed E-state index contributed by atoms with van der Waals surface area (Å²) in [6, 6.07) is 3.44. The fourth-order valence-electron chi connectivity index (χ4n) is 1.23. The van der Waals surface area contributed by atoms with Crippen LogP contribution in [0.5, 0.6) is 0 Å². The van der Waals surface area contributed by atoms with E-state index >= 15 is 0 Å². The van der Waals surface area contributed by atoms with Crippen molar-refractivity contribution in [1.82, 2.24) is 5.32 Å². The smallest absolute Gasteiger partial charge is 0.359 e. The Bertz CT molecular complexity index is 378. The predicted molar refractivity (Wildman–Crippen MR) is 62.3 cm³/mol. The summed E-state index contributed by atoms with van der Waals surface area (Å²) in [6.07, 6.45) is -5.55. The molecule has 0 aliphatic carbocycles. The summed E-state index contributed by atoms with van der Waals surface area (Å²) in [6.45, 7) is 1.64. The summed E-state index contributed by atoms with van der Waals surface area (Å²) in [5.41, 5.74) is 0. The van der Waals surface area contributed by atoms with Gasteiger partial charge in [-0.05, 0) is 25.3 Å². The number of halogens is 3. The maximum absolute atomic E-state index is 11.9. The van der Waals surface area contributed by atoms with Crippen molar-refractivity contribution in [3.05, 3.63) is 22.4 Å². The quantitative estimate of drug-likeness (QED) is 0.901. The fraction of sp³-hybridized carbons (Fsp3) is 0.545. The van der Waals surface area contributed by atoms with E-state index in [1.807, 2.05) is 17.5 Å². The van der Waals surface area contributed by atoms with E-state index in [0.29, 0.717) is 0 Å². The number of thiophene rings is 1. The third kappa shape index (κ3) is 5.05. The second kappa shape index (κ2) is 6.19. The van der Waals surface area contributed by atoms with Crippen LogP contribution in [0.2, 0.25) is 0 Å². The van der Waals surface area contributed by atoms with Gasteiger partial charge in [-0.25, -0.2) is 0 Å². The highest BCUT2D eigenvalue weighted by molar-refractivity contribution is 7.10. The van der Waals surface area contributed by atoms with Crippen LogP contribution in [0.3, 0.4) is 0 Å². The monoisotopic (exact) mass is 281 g/mol. The molecule has 0 spiro atoms. The van der Waals surface area contributed by atoms with Crippen molar-refractivity contribution in [2.45, 2.75) is 32.2 Å². The van der Waals surface area contributed by atoms with Crippen LogP contribution in [0.15, 0.2) is 17.5 Å². The minimum atomic E-state index is -4.42. The SMILES string of the molecule is C[C@H](NC(=O)[C@@H](C)OCC(F)(F)F)c1cccs1. The third-order valence-electron chi connectivity index (χ3n) is 2.19. The Morgan fingerprint density at radius 1 is 1.50 bits per heavy atom. The molecule has 1 aromatic heterocycles. The van der Waals surface area contributed by atoms with Gasteiger partial charge >= 0.3 is 6.18 Å².